The van der Waals surface area contributed by atoms with Crippen LogP contribution in [0, 0.1) is 0 Å². The van der Waals surface area contributed by atoms with E-state index in [9.17, 15) is 4.79 Å². The van der Waals surface area contributed by atoms with Crippen molar-refractivity contribution in [3.8, 4) is 0 Å². The second-order valence-electron chi connectivity index (χ2n) is 2.77. The van der Waals surface area contributed by atoms with E-state index in [2.05, 4.69) is 4.99 Å². The Morgan fingerprint density at radius 2 is 2.08 bits per heavy atom. The Bertz CT molecular complexity index is 225. The van der Waals surface area contributed by atoms with Crippen molar-refractivity contribution >= 4 is 12.2 Å². The Hall–Kier alpha value is -1.32. The fraction of sp³-hybridized carbons (Fsp3) is 0.500. The second-order valence-corrected chi connectivity index (χ2v) is 2.77. The first-order valence-electron chi connectivity index (χ1n) is 3.68. The minimum Gasteiger partial charge on any atom is -0.478 e. The van der Waals surface area contributed by atoms with E-state index in [0.29, 0.717) is 0 Å². The van der Waals surface area contributed by atoms with Gasteiger partial charge in [0.2, 0.25) is 0 Å². The number of hydrogen-bond acceptors (Lipinski definition) is 3. The minimum absolute atomic E-state index is 0.0590. The number of rotatable bonds is 3. The lowest BCUT2D eigenvalue weighted by atomic mass is 10.2. The molecular formula is C8H14N2O2. The largest absolute Gasteiger partial charge is 0.478 e. The fourth-order valence-electron chi connectivity index (χ4n) is 0.549. The predicted molar refractivity (Wildman–Crippen MR) is 48.2 cm³/mol. The van der Waals surface area contributed by atoms with Crippen molar-refractivity contribution in [2.24, 2.45) is 10.7 Å². The molecule has 0 aromatic carbocycles. The number of nitrogens with two attached hydrogens (primary N) is 1. The molecule has 0 radical (unpaired) electrons. The summed E-state index contributed by atoms with van der Waals surface area (Å²) >= 11 is 0. The number of aliphatic imine (C=N–C) groups is 1. The van der Waals surface area contributed by atoms with Crippen LogP contribution in [0.15, 0.2) is 16.3 Å². The molecular weight excluding hydrogens is 156 g/mol. The molecule has 0 aliphatic heterocycles. The minimum atomic E-state index is -1.04. The normalized spacial score (nSPS) is 13.7. The summed E-state index contributed by atoms with van der Waals surface area (Å²) in [4.78, 5) is 14.4. The smallest absolute Gasteiger partial charge is 0.339 e. The molecule has 12 heavy (non-hydrogen) atoms. The Morgan fingerprint density at radius 1 is 1.58 bits per heavy atom. The first-order chi connectivity index (χ1) is 5.45. The van der Waals surface area contributed by atoms with Crippen molar-refractivity contribution in [3.63, 3.8) is 0 Å². The van der Waals surface area contributed by atoms with Crippen molar-refractivity contribution < 1.29 is 9.90 Å². The van der Waals surface area contributed by atoms with Crippen LogP contribution in [0.4, 0.5) is 0 Å². The van der Waals surface area contributed by atoms with E-state index < -0.39 is 5.97 Å². The van der Waals surface area contributed by atoms with Gasteiger partial charge >= 0.3 is 5.97 Å². The third kappa shape index (κ3) is 3.75. The van der Waals surface area contributed by atoms with Gasteiger partial charge in [-0.2, -0.15) is 0 Å². The van der Waals surface area contributed by atoms with Crippen LogP contribution in [0.25, 0.3) is 0 Å². The molecule has 3 N–H and O–H groups in total. The number of aliphatic carboxylic acids is 1. The van der Waals surface area contributed by atoms with Crippen molar-refractivity contribution in [2.75, 3.05) is 0 Å². The first-order valence-corrected chi connectivity index (χ1v) is 3.68. The van der Waals surface area contributed by atoms with E-state index in [4.69, 9.17) is 10.8 Å². The molecule has 0 atom stereocenters. The summed E-state index contributed by atoms with van der Waals surface area (Å²) in [6.45, 7) is 5.26. The highest BCUT2D eigenvalue weighted by molar-refractivity contribution is 6.09. The molecule has 0 fully saturated rings. The summed E-state index contributed by atoms with van der Waals surface area (Å²) in [7, 11) is 0. The van der Waals surface area contributed by atoms with Gasteiger partial charge in [0.15, 0.2) is 0 Å². The van der Waals surface area contributed by atoms with Gasteiger partial charge in [0.05, 0.1) is 5.57 Å². The highest BCUT2D eigenvalue weighted by Gasteiger charge is 2.06. The molecule has 0 spiro atoms. The number of nitrogens with zero attached hydrogens (tertiary/aromatic N) is 1. The molecule has 4 nitrogen and oxygen atoms in total. The van der Waals surface area contributed by atoms with Crippen LogP contribution in [-0.4, -0.2) is 23.3 Å². The van der Waals surface area contributed by atoms with E-state index in [1.54, 1.807) is 0 Å². The third-order valence-corrected chi connectivity index (χ3v) is 1.16. The lowest BCUT2D eigenvalue weighted by Crippen LogP contribution is -2.10. The van der Waals surface area contributed by atoms with Gasteiger partial charge in [-0.1, -0.05) is 0 Å². The molecule has 0 heterocycles. The summed E-state index contributed by atoms with van der Waals surface area (Å²) in [6, 6.07) is 0.0821. The maximum atomic E-state index is 10.5. The van der Waals surface area contributed by atoms with Gasteiger partial charge < -0.3 is 10.8 Å². The van der Waals surface area contributed by atoms with Crippen LogP contribution in [0.3, 0.4) is 0 Å². The maximum Gasteiger partial charge on any atom is 0.339 e. The Labute approximate surface area is 71.8 Å². The van der Waals surface area contributed by atoms with Crippen LogP contribution in [0.5, 0.6) is 0 Å². The van der Waals surface area contributed by atoms with E-state index in [-0.39, 0.29) is 17.3 Å². The van der Waals surface area contributed by atoms with Crippen molar-refractivity contribution in [1.29, 1.82) is 0 Å². The summed E-state index contributed by atoms with van der Waals surface area (Å²) in [5, 5.41) is 8.63. The molecule has 0 unspecified atom stereocenters. The lowest BCUT2D eigenvalue weighted by molar-refractivity contribution is -0.132. The second kappa shape index (κ2) is 4.54. The fourth-order valence-corrected chi connectivity index (χ4v) is 0.549. The van der Waals surface area contributed by atoms with Gasteiger partial charge in [0.25, 0.3) is 0 Å². The molecule has 68 valence electrons. The number of carboxylic acid groups (broad SMARTS) is 1. The summed E-state index contributed by atoms with van der Waals surface area (Å²) in [5.41, 5.74) is 5.66. The van der Waals surface area contributed by atoms with Crippen LogP contribution in [-0.2, 0) is 4.79 Å². The molecule has 0 rings (SSSR count). The molecule has 0 saturated heterocycles. The number of allylic oxidation sites excluding steroid dienone is 1. The number of carboxylic acids is 1. The third-order valence-electron chi connectivity index (χ3n) is 1.16. The Morgan fingerprint density at radius 3 is 2.33 bits per heavy atom. The molecule has 4 heteroatoms. The summed E-state index contributed by atoms with van der Waals surface area (Å²) < 4.78 is 0. The van der Waals surface area contributed by atoms with Gasteiger partial charge in [0, 0.05) is 18.0 Å². The quantitative estimate of drug-likeness (QED) is 0.485. The molecule has 0 aromatic heterocycles. The Balaban J connectivity index is 4.59. The first kappa shape index (κ1) is 10.7. The average Bonchev–Trinajstić information content (AvgIpc) is 1.84. The SMILES string of the molecule is C/C(N)=C(/C=NC(C)C)C(=O)O. The molecule has 0 aromatic rings. The molecule has 0 amide bonds. The van der Waals surface area contributed by atoms with Crippen molar-refractivity contribution in [3.05, 3.63) is 11.3 Å². The van der Waals surface area contributed by atoms with Gasteiger partial charge in [-0.15, -0.1) is 0 Å². The monoisotopic (exact) mass is 170 g/mol. The zero-order chi connectivity index (χ0) is 9.72. The zero-order valence-corrected chi connectivity index (χ0v) is 7.53. The predicted octanol–water partition coefficient (Wildman–Crippen LogP) is 0.783. The number of carbonyl (C=O) groups is 1. The highest BCUT2D eigenvalue weighted by atomic mass is 16.4. The lowest BCUT2D eigenvalue weighted by Gasteiger charge is -1.98. The van der Waals surface area contributed by atoms with Crippen molar-refractivity contribution in [2.45, 2.75) is 26.8 Å². The molecule has 0 saturated carbocycles. The maximum absolute atomic E-state index is 10.5. The number of hydrogen-bond donors (Lipinski definition) is 2. The molecule has 0 aliphatic carbocycles. The van der Waals surface area contributed by atoms with Crippen LogP contribution < -0.4 is 5.73 Å². The summed E-state index contributed by atoms with van der Waals surface area (Å²) in [6.07, 6.45) is 1.29. The van der Waals surface area contributed by atoms with Gasteiger partial charge in [-0.3, -0.25) is 4.99 Å². The van der Waals surface area contributed by atoms with Gasteiger partial charge in [0.1, 0.15) is 0 Å². The molecule has 0 bridgehead atoms. The van der Waals surface area contributed by atoms with Crippen LogP contribution in [0.1, 0.15) is 20.8 Å². The summed E-state index contributed by atoms with van der Waals surface area (Å²) in [5.74, 6) is -1.04. The standard InChI is InChI=1S/C8H14N2O2/c1-5(2)10-4-7(6(3)9)8(11)12/h4-5H,9H2,1-3H3,(H,11,12)/b7-6+,10-4?. The zero-order valence-electron chi connectivity index (χ0n) is 7.53. The van der Waals surface area contributed by atoms with Gasteiger partial charge in [-0.25, -0.2) is 4.79 Å². The van der Waals surface area contributed by atoms with Crippen molar-refractivity contribution in [1.82, 2.24) is 0 Å². The Kier molecular flexibility index (Phi) is 4.04. The van der Waals surface area contributed by atoms with Crippen LogP contribution in [0.2, 0.25) is 0 Å². The van der Waals surface area contributed by atoms with E-state index in [1.807, 2.05) is 13.8 Å². The van der Waals surface area contributed by atoms with E-state index in [0.717, 1.165) is 0 Å². The topological polar surface area (TPSA) is 75.7 Å². The molecule has 0 aliphatic rings. The van der Waals surface area contributed by atoms with E-state index in [1.165, 1.54) is 13.1 Å². The highest BCUT2D eigenvalue weighted by Crippen LogP contribution is 1.96. The average molecular weight is 170 g/mol. The van der Waals surface area contributed by atoms with E-state index >= 15 is 0 Å². The van der Waals surface area contributed by atoms with Gasteiger partial charge in [-0.05, 0) is 20.8 Å². The van der Waals surface area contributed by atoms with Crippen LogP contribution >= 0.6 is 0 Å².